The normalized spacial score (nSPS) is 14.9. The van der Waals surface area contributed by atoms with E-state index in [1.165, 1.54) is 0 Å². The highest BCUT2D eigenvalue weighted by Gasteiger charge is 2.21. The molecule has 1 saturated heterocycles. The highest BCUT2D eigenvalue weighted by molar-refractivity contribution is 7.98. The van der Waals surface area contributed by atoms with Crippen LogP contribution in [0.4, 0.5) is 5.82 Å². The van der Waals surface area contributed by atoms with Gasteiger partial charge in [0, 0.05) is 25.8 Å². The number of piperidine rings is 1. The van der Waals surface area contributed by atoms with Crippen LogP contribution in [0.2, 0.25) is 0 Å². The van der Waals surface area contributed by atoms with Crippen LogP contribution in [0, 0.1) is 5.92 Å². The van der Waals surface area contributed by atoms with Gasteiger partial charge in [0.15, 0.2) is 5.16 Å². The van der Waals surface area contributed by atoms with Crippen LogP contribution in [0.25, 0.3) is 0 Å². The lowest BCUT2D eigenvalue weighted by Crippen LogP contribution is -2.39. The van der Waals surface area contributed by atoms with Crippen LogP contribution in [0.1, 0.15) is 18.4 Å². The van der Waals surface area contributed by atoms with Crippen LogP contribution in [-0.4, -0.2) is 48.4 Å². The second-order valence-corrected chi connectivity index (χ2v) is 7.39. The summed E-state index contributed by atoms with van der Waals surface area (Å²) in [6.45, 7) is 3.18. The molecule has 1 aliphatic heterocycles. The number of ether oxygens (including phenoxy) is 1. The number of carbonyl (C=O) groups excluding carboxylic acids is 1. The van der Waals surface area contributed by atoms with E-state index in [2.05, 4.69) is 20.2 Å². The van der Waals surface area contributed by atoms with Gasteiger partial charge in [-0.2, -0.15) is 0 Å². The summed E-state index contributed by atoms with van der Waals surface area (Å²) in [5.74, 6) is 1.45. The van der Waals surface area contributed by atoms with Crippen LogP contribution >= 0.6 is 11.8 Å². The quantitative estimate of drug-likeness (QED) is 0.556. The first kappa shape index (κ1) is 19.6. The van der Waals surface area contributed by atoms with Gasteiger partial charge in [-0.1, -0.05) is 42.1 Å². The molecule has 0 spiro atoms. The van der Waals surface area contributed by atoms with Crippen LogP contribution in [0.3, 0.4) is 0 Å². The fourth-order valence-electron chi connectivity index (χ4n) is 3.12. The molecule has 1 N–H and O–H groups in total. The number of rotatable bonds is 8. The third kappa shape index (κ3) is 6.22. The van der Waals surface area contributed by atoms with Crippen molar-refractivity contribution < 1.29 is 9.53 Å². The molecule has 1 aromatic heterocycles. The van der Waals surface area contributed by atoms with Crippen molar-refractivity contribution in [2.45, 2.75) is 24.6 Å². The van der Waals surface area contributed by atoms with Crippen molar-refractivity contribution >= 4 is 23.5 Å². The molecule has 0 bridgehead atoms. The van der Waals surface area contributed by atoms with Crippen LogP contribution < -0.4 is 10.2 Å². The largest absolute Gasteiger partial charge is 0.367 e. The Bertz CT molecular complexity index is 721. The van der Waals surface area contributed by atoms with Crippen molar-refractivity contribution in [1.82, 2.24) is 15.3 Å². The van der Waals surface area contributed by atoms with Gasteiger partial charge in [0.2, 0.25) is 5.91 Å². The zero-order chi connectivity index (χ0) is 18.9. The topological polar surface area (TPSA) is 67.4 Å². The molecule has 144 valence electrons. The van der Waals surface area contributed by atoms with Gasteiger partial charge in [0.1, 0.15) is 12.4 Å². The molecular weight excluding hydrogens is 360 g/mol. The minimum absolute atomic E-state index is 0.0474. The smallest absolute Gasteiger partial charge is 0.246 e. The number of amides is 1. The molecule has 1 aliphatic rings. The number of nitrogens with one attached hydrogen (secondary N) is 1. The van der Waals surface area contributed by atoms with Crippen molar-refractivity contribution in [1.29, 1.82) is 0 Å². The molecule has 0 aliphatic carbocycles. The molecule has 2 heterocycles. The van der Waals surface area contributed by atoms with E-state index < -0.39 is 0 Å². The maximum atomic E-state index is 12.0. The van der Waals surface area contributed by atoms with Gasteiger partial charge in [0.05, 0.1) is 6.61 Å². The van der Waals surface area contributed by atoms with E-state index in [4.69, 9.17) is 4.74 Å². The van der Waals surface area contributed by atoms with E-state index in [9.17, 15) is 4.79 Å². The molecule has 1 aromatic carbocycles. The number of anilines is 1. The fourth-order valence-corrected chi connectivity index (χ4v) is 3.47. The number of aromatic nitrogens is 2. The zero-order valence-corrected chi connectivity index (χ0v) is 16.5. The molecule has 0 atom stereocenters. The Labute approximate surface area is 164 Å². The lowest BCUT2D eigenvalue weighted by Gasteiger charge is -2.32. The molecule has 7 heteroatoms. The number of hydrogen-bond acceptors (Lipinski definition) is 6. The van der Waals surface area contributed by atoms with E-state index in [-0.39, 0.29) is 12.5 Å². The van der Waals surface area contributed by atoms with E-state index in [0.29, 0.717) is 19.1 Å². The summed E-state index contributed by atoms with van der Waals surface area (Å²) in [6.07, 6.45) is 5.89. The maximum Gasteiger partial charge on any atom is 0.246 e. The Morgan fingerprint density at radius 1 is 1.26 bits per heavy atom. The lowest BCUT2D eigenvalue weighted by atomic mass is 9.97. The van der Waals surface area contributed by atoms with E-state index >= 15 is 0 Å². The Morgan fingerprint density at radius 3 is 2.78 bits per heavy atom. The van der Waals surface area contributed by atoms with Gasteiger partial charge in [0.25, 0.3) is 0 Å². The predicted molar refractivity (Wildman–Crippen MR) is 108 cm³/mol. The van der Waals surface area contributed by atoms with Gasteiger partial charge < -0.3 is 15.0 Å². The SMILES string of the molecule is CSc1nccc(N2CCC(CNC(=O)COCc3ccccc3)CC2)n1. The lowest BCUT2D eigenvalue weighted by molar-refractivity contribution is -0.126. The number of thioether (sulfide) groups is 1. The Hall–Kier alpha value is -2.12. The molecule has 27 heavy (non-hydrogen) atoms. The molecule has 1 fully saturated rings. The Morgan fingerprint density at radius 2 is 2.04 bits per heavy atom. The third-order valence-electron chi connectivity index (χ3n) is 4.67. The first-order chi connectivity index (χ1) is 13.2. The minimum atomic E-state index is -0.0474. The minimum Gasteiger partial charge on any atom is -0.367 e. The van der Waals surface area contributed by atoms with Crippen molar-refractivity contribution in [2.75, 3.05) is 37.4 Å². The van der Waals surface area contributed by atoms with E-state index in [1.807, 2.05) is 48.9 Å². The molecule has 0 unspecified atom stereocenters. The van der Waals surface area contributed by atoms with Gasteiger partial charge >= 0.3 is 0 Å². The number of benzene rings is 1. The molecule has 0 saturated carbocycles. The zero-order valence-electron chi connectivity index (χ0n) is 15.6. The second kappa shape index (κ2) is 10.3. The van der Waals surface area contributed by atoms with Crippen LogP contribution in [-0.2, 0) is 16.1 Å². The Balaban J connectivity index is 1.33. The Kier molecular flexibility index (Phi) is 7.47. The monoisotopic (exact) mass is 386 g/mol. The van der Waals surface area contributed by atoms with Gasteiger partial charge in [-0.25, -0.2) is 9.97 Å². The van der Waals surface area contributed by atoms with Crippen LogP contribution in [0.5, 0.6) is 0 Å². The molecule has 1 amide bonds. The highest BCUT2D eigenvalue weighted by Crippen LogP contribution is 2.22. The average Bonchev–Trinajstić information content (AvgIpc) is 2.73. The number of nitrogens with zero attached hydrogens (tertiary/aromatic N) is 3. The maximum absolute atomic E-state index is 12.0. The van der Waals surface area contributed by atoms with Gasteiger partial charge in [-0.15, -0.1) is 0 Å². The number of carbonyl (C=O) groups is 1. The molecular formula is C20H26N4O2S. The van der Waals surface area contributed by atoms with E-state index in [1.54, 1.807) is 11.8 Å². The van der Waals surface area contributed by atoms with Crippen molar-refractivity contribution in [3.8, 4) is 0 Å². The summed E-state index contributed by atoms with van der Waals surface area (Å²) in [6, 6.07) is 11.8. The summed E-state index contributed by atoms with van der Waals surface area (Å²) in [5.41, 5.74) is 1.08. The molecule has 2 aromatic rings. The number of hydrogen-bond donors (Lipinski definition) is 1. The van der Waals surface area contributed by atoms with Gasteiger partial charge in [-0.3, -0.25) is 4.79 Å². The van der Waals surface area contributed by atoms with Crippen molar-refractivity contribution in [3.05, 3.63) is 48.2 Å². The summed E-state index contributed by atoms with van der Waals surface area (Å²) >= 11 is 1.56. The molecule has 3 rings (SSSR count). The highest BCUT2D eigenvalue weighted by atomic mass is 32.2. The summed E-state index contributed by atoms with van der Waals surface area (Å²) in [4.78, 5) is 23.1. The predicted octanol–water partition coefficient (Wildman–Crippen LogP) is 2.75. The van der Waals surface area contributed by atoms with Gasteiger partial charge in [-0.05, 0) is 36.6 Å². The van der Waals surface area contributed by atoms with Crippen molar-refractivity contribution in [3.63, 3.8) is 0 Å². The second-order valence-electron chi connectivity index (χ2n) is 6.61. The first-order valence-electron chi connectivity index (χ1n) is 9.25. The molecule has 6 nitrogen and oxygen atoms in total. The summed E-state index contributed by atoms with van der Waals surface area (Å²) in [7, 11) is 0. The van der Waals surface area contributed by atoms with E-state index in [0.717, 1.165) is 42.5 Å². The summed E-state index contributed by atoms with van der Waals surface area (Å²) < 4.78 is 5.48. The van der Waals surface area contributed by atoms with Crippen molar-refractivity contribution in [2.24, 2.45) is 5.92 Å². The fraction of sp³-hybridized carbons (Fsp3) is 0.450. The first-order valence-corrected chi connectivity index (χ1v) is 10.5. The third-order valence-corrected chi connectivity index (χ3v) is 5.23. The average molecular weight is 387 g/mol. The molecule has 0 radical (unpaired) electrons. The standard InChI is InChI=1S/C20H26N4O2S/c1-27-20-21-10-7-18(23-20)24-11-8-16(9-12-24)13-22-19(25)15-26-14-17-5-3-2-4-6-17/h2-7,10,16H,8-9,11-15H2,1H3,(H,22,25). The van der Waals surface area contributed by atoms with Crippen LogP contribution in [0.15, 0.2) is 47.8 Å². The summed E-state index contributed by atoms with van der Waals surface area (Å²) in [5, 5.41) is 3.80.